The number of hydrogen-bond donors (Lipinski definition) is 0. The van der Waals surface area contributed by atoms with Crippen molar-refractivity contribution >= 4 is 33.9 Å². The quantitative estimate of drug-likeness (QED) is 0.594. The molecule has 0 aromatic carbocycles. The summed E-state index contributed by atoms with van der Waals surface area (Å²) in [4.78, 5) is 15.2. The van der Waals surface area contributed by atoms with Crippen LogP contribution in [0.5, 0.6) is 0 Å². The molecule has 0 atom stereocenters. The molecule has 0 spiro atoms. The molecule has 0 bridgehead atoms. The molecule has 0 amide bonds. The smallest absolute Gasteiger partial charge is 0.159 e. The number of halogens is 1. The highest BCUT2D eigenvalue weighted by molar-refractivity contribution is 14.1. The van der Waals surface area contributed by atoms with E-state index in [0.717, 1.165) is 14.8 Å². The molecule has 2 heterocycles. The van der Waals surface area contributed by atoms with E-state index >= 15 is 0 Å². The highest BCUT2D eigenvalue weighted by atomic mass is 127. The van der Waals surface area contributed by atoms with E-state index in [0.29, 0.717) is 0 Å². The summed E-state index contributed by atoms with van der Waals surface area (Å²) in [5.74, 6) is 0.0829. The lowest BCUT2D eigenvalue weighted by molar-refractivity contribution is 0.101. The van der Waals surface area contributed by atoms with Crippen LogP contribution in [0.3, 0.4) is 0 Å². The lowest BCUT2D eigenvalue weighted by Gasteiger charge is -1.97. The first-order valence-electron chi connectivity index (χ1n) is 3.81. The fraction of sp³-hybridized carbons (Fsp3) is 0.111. The van der Waals surface area contributed by atoms with E-state index in [4.69, 9.17) is 0 Å². The summed E-state index contributed by atoms with van der Waals surface area (Å²) in [7, 11) is 0. The van der Waals surface area contributed by atoms with Crippen LogP contribution in [0.15, 0.2) is 24.7 Å². The molecule has 0 fully saturated rings. The van der Waals surface area contributed by atoms with Crippen molar-refractivity contribution in [3.05, 3.63) is 33.9 Å². The molecular formula is C9H7IN2O. The Morgan fingerprint density at radius 3 is 3.08 bits per heavy atom. The first kappa shape index (κ1) is 8.68. The zero-order valence-corrected chi connectivity index (χ0v) is 9.15. The van der Waals surface area contributed by atoms with Crippen molar-refractivity contribution in [1.29, 1.82) is 0 Å². The number of rotatable bonds is 1. The summed E-state index contributed by atoms with van der Waals surface area (Å²) in [6.45, 7) is 1.56. The number of hydrogen-bond acceptors (Lipinski definition) is 2. The summed E-state index contributed by atoms with van der Waals surface area (Å²) >= 11 is 2.15. The highest BCUT2D eigenvalue weighted by Gasteiger charge is 2.04. The summed E-state index contributed by atoms with van der Waals surface area (Å²) < 4.78 is 2.81. The Hall–Kier alpha value is -0.910. The average molecular weight is 286 g/mol. The molecule has 0 radical (unpaired) electrons. The largest absolute Gasteiger partial charge is 0.305 e. The van der Waals surface area contributed by atoms with Crippen LogP contribution >= 0.6 is 22.6 Å². The fourth-order valence-corrected chi connectivity index (χ4v) is 1.73. The van der Waals surface area contributed by atoms with Gasteiger partial charge < -0.3 is 4.40 Å². The topological polar surface area (TPSA) is 34.4 Å². The Morgan fingerprint density at radius 2 is 2.38 bits per heavy atom. The molecule has 0 saturated carbocycles. The molecule has 2 aromatic heterocycles. The number of carbonyl (C=O) groups excluding carboxylic acids is 1. The summed E-state index contributed by atoms with van der Waals surface area (Å²) in [6, 6.07) is 3.66. The molecule has 0 saturated heterocycles. The van der Waals surface area contributed by atoms with Crippen molar-refractivity contribution in [3.8, 4) is 0 Å². The predicted octanol–water partition coefficient (Wildman–Crippen LogP) is 2.14. The minimum atomic E-state index is 0.0829. The number of ketones is 1. The number of pyridine rings is 1. The Bertz CT molecular complexity index is 475. The van der Waals surface area contributed by atoms with Crippen molar-refractivity contribution in [2.75, 3.05) is 0 Å². The van der Waals surface area contributed by atoms with Gasteiger partial charge in [0.2, 0.25) is 0 Å². The molecule has 2 aromatic rings. The second-order valence-electron chi connectivity index (χ2n) is 2.80. The van der Waals surface area contributed by atoms with E-state index in [9.17, 15) is 4.79 Å². The molecule has 2 rings (SSSR count). The molecule has 13 heavy (non-hydrogen) atoms. The molecule has 0 aliphatic carbocycles. The first-order valence-corrected chi connectivity index (χ1v) is 4.89. The summed E-state index contributed by atoms with van der Waals surface area (Å²) in [5.41, 5.74) is 1.71. The fourth-order valence-electron chi connectivity index (χ4n) is 1.18. The van der Waals surface area contributed by atoms with Crippen LogP contribution in [0, 0.1) is 3.70 Å². The Balaban J connectivity index is 2.72. The van der Waals surface area contributed by atoms with Crippen LogP contribution in [0.1, 0.15) is 17.3 Å². The number of fused-ring (bicyclic) bond motifs is 1. The molecule has 0 unspecified atom stereocenters. The Labute approximate surface area is 88.9 Å². The van der Waals surface area contributed by atoms with Gasteiger partial charge in [-0.2, -0.15) is 0 Å². The number of aromatic nitrogens is 2. The third-order valence-corrected chi connectivity index (χ3v) is 2.73. The second-order valence-corrected chi connectivity index (χ2v) is 3.82. The van der Waals surface area contributed by atoms with Crippen molar-refractivity contribution in [1.82, 2.24) is 9.38 Å². The summed E-state index contributed by atoms with van der Waals surface area (Å²) in [6.07, 6.45) is 3.59. The van der Waals surface area contributed by atoms with Crippen LogP contribution in [0.2, 0.25) is 0 Å². The SMILES string of the molecule is CC(=O)c1ccn2cnc(I)c2c1. The van der Waals surface area contributed by atoms with Crippen LogP contribution in [0.25, 0.3) is 5.52 Å². The van der Waals surface area contributed by atoms with Gasteiger partial charge in [0, 0.05) is 11.8 Å². The van der Waals surface area contributed by atoms with Gasteiger partial charge in [-0.15, -0.1) is 0 Å². The van der Waals surface area contributed by atoms with Crippen LogP contribution in [0.4, 0.5) is 0 Å². The van der Waals surface area contributed by atoms with E-state index in [1.54, 1.807) is 19.3 Å². The van der Waals surface area contributed by atoms with Gasteiger partial charge in [0.15, 0.2) is 5.78 Å². The van der Waals surface area contributed by atoms with Crippen molar-refractivity contribution in [2.45, 2.75) is 6.92 Å². The predicted molar refractivity (Wildman–Crippen MR) is 57.9 cm³/mol. The maximum Gasteiger partial charge on any atom is 0.159 e. The number of imidazole rings is 1. The average Bonchev–Trinajstić information content (AvgIpc) is 2.47. The molecule has 66 valence electrons. The van der Waals surface area contributed by atoms with Gasteiger partial charge in [0.25, 0.3) is 0 Å². The maximum absolute atomic E-state index is 11.1. The van der Waals surface area contributed by atoms with E-state index in [2.05, 4.69) is 27.6 Å². The molecule has 4 heteroatoms. The van der Waals surface area contributed by atoms with Gasteiger partial charge >= 0.3 is 0 Å². The minimum Gasteiger partial charge on any atom is -0.305 e. The molecular weight excluding hydrogens is 279 g/mol. The minimum absolute atomic E-state index is 0.0829. The number of carbonyl (C=O) groups is 1. The van der Waals surface area contributed by atoms with Gasteiger partial charge in [-0.3, -0.25) is 4.79 Å². The second kappa shape index (κ2) is 3.10. The zero-order valence-electron chi connectivity index (χ0n) is 6.99. The maximum atomic E-state index is 11.1. The monoisotopic (exact) mass is 286 g/mol. The van der Waals surface area contributed by atoms with Crippen LogP contribution in [-0.4, -0.2) is 15.2 Å². The lowest BCUT2D eigenvalue weighted by atomic mass is 10.2. The molecule has 3 nitrogen and oxygen atoms in total. The third kappa shape index (κ3) is 1.46. The van der Waals surface area contributed by atoms with Gasteiger partial charge in [0.1, 0.15) is 10.0 Å². The van der Waals surface area contributed by atoms with E-state index in [-0.39, 0.29) is 5.78 Å². The van der Waals surface area contributed by atoms with Gasteiger partial charge in [-0.05, 0) is 41.6 Å². The van der Waals surface area contributed by atoms with Crippen molar-refractivity contribution in [3.63, 3.8) is 0 Å². The van der Waals surface area contributed by atoms with Crippen LogP contribution in [-0.2, 0) is 0 Å². The summed E-state index contributed by atoms with van der Waals surface area (Å²) in [5, 5.41) is 0. The molecule has 0 aliphatic rings. The molecule has 0 aliphatic heterocycles. The standard InChI is InChI=1S/C9H7IN2O/c1-6(13)7-2-3-12-5-11-9(10)8(12)4-7/h2-5H,1H3. The van der Waals surface area contributed by atoms with Crippen molar-refractivity contribution in [2.24, 2.45) is 0 Å². The molecule has 0 N–H and O–H groups in total. The van der Waals surface area contributed by atoms with E-state index in [1.807, 2.05) is 16.7 Å². The lowest BCUT2D eigenvalue weighted by Crippen LogP contribution is -1.93. The van der Waals surface area contributed by atoms with Gasteiger partial charge in [-0.1, -0.05) is 0 Å². The highest BCUT2D eigenvalue weighted by Crippen LogP contribution is 2.13. The third-order valence-electron chi connectivity index (χ3n) is 1.90. The van der Waals surface area contributed by atoms with E-state index < -0.39 is 0 Å². The normalized spacial score (nSPS) is 10.6. The van der Waals surface area contributed by atoms with Crippen LogP contribution < -0.4 is 0 Å². The zero-order chi connectivity index (χ0) is 9.42. The Kier molecular flexibility index (Phi) is 2.07. The van der Waals surface area contributed by atoms with Crippen molar-refractivity contribution < 1.29 is 4.79 Å². The van der Waals surface area contributed by atoms with Gasteiger partial charge in [0.05, 0.1) is 5.52 Å². The van der Waals surface area contributed by atoms with E-state index in [1.165, 1.54) is 0 Å². The Morgan fingerprint density at radius 1 is 1.62 bits per heavy atom. The first-order chi connectivity index (χ1) is 6.18. The number of nitrogens with zero attached hydrogens (tertiary/aromatic N) is 2. The number of Topliss-reactive ketones (excluding diaryl/α,β-unsaturated/α-hetero) is 1. The van der Waals surface area contributed by atoms with Gasteiger partial charge in [-0.25, -0.2) is 4.98 Å².